The molecule has 0 radical (unpaired) electrons. The van der Waals surface area contributed by atoms with Gasteiger partial charge in [0.25, 0.3) is 0 Å². The Balaban J connectivity index is 2.88. The summed E-state index contributed by atoms with van der Waals surface area (Å²) in [5.74, 6) is -0.983. The Kier molecular flexibility index (Phi) is 4.35. The number of pyridine rings is 1. The van der Waals surface area contributed by atoms with E-state index in [0.717, 1.165) is 16.5 Å². The number of hydrogen-bond donors (Lipinski definition) is 0. The number of aromatic nitrogens is 2. The normalized spacial score (nSPS) is 12.8. The molecule has 0 amide bonds. The number of halogens is 4. The van der Waals surface area contributed by atoms with E-state index in [0.29, 0.717) is 6.20 Å². The average Bonchev–Trinajstić information content (AvgIpc) is 2.84. The summed E-state index contributed by atoms with van der Waals surface area (Å²) in [6, 6.07) is 1.82. The topological polar surface area (TPSA) is 68.5 Å². The van der Waals surface area contributed by atoms with Gasteiger partial charge >= 0.3 is 6.18 Å². The molecule has 2 aromatic heterocycles. The number of nitrogens with zero attached hydrogens (tertiary/aromatic N) is 2. The molecule has 0 saturated carbocycles. The van der Waals surface area contributed by atoms with Gasteiger partial charge in [-0.15, -0.1) is 0 Å². The maximum atomic E-state index is 12.8. The highest BCUT2D eigenvalue weighted by molar-refractivity contribution is 9.09. The number of alkyl halides is 4. The molecule has 0 aliphatic carbocycles. The highest BCUT2D eigenvalue weighted by Crippen LogP contribution is 2.31. The van der Waals surface area contributed by atoms with Crippen LogP contribution in [-0.2, 0) is 16.0 Å². The van der Waals surface area contributed by atoms with Crippen LogP contribution in [0.2, 0.25) is 0 Å². The molecule has 0 saturated heterocycles. The minimum Gasteiger partial charge on any atom is -0.291 e. The second-order valence-corrected chi connectivity index (χ2v) is 7.12. The number of ketones is 1. The predicted octanol–water partition coefficient (Wildman–Crippen LogP) is 2.72. The Labute approximate surface area is 132 Å². The van der Waals surface area contributed by atoms with E-state index >= 15 is 0 Å². The zero-order valence-electron chi connectivity index (χ0n) is 11.2. The van der Waals surface area contributed by atoms with Crippen molar-refractivity contribution in [2.75, 3.05) is 11.1 Å². The van der Waals surface area contributed by atoms with Gasteiger partial charge < -0.3 is 0 Å². The first kappa shape index (κ1) is 16.9. The van der Waals surface area contributed by atoms with Crippen LogP contribution < -0.4 is 0 Å². The van der Waals surface area contributed by atoms with Gasteiger partial charge in [-0.1, -0.05) is 22.9 Å². The largest absolute Gasteiger partial charge is 0.417 e. The maximum absolute atomic E-state index is 12.8. The third-order valence-electron chi connectivity index (χ3n) is 2.96. The molecule has 10 heteroatoms. The number of fused-ring (bicyclic) bond motifs is 1. The molecule has 0 N–H and O–H groups in total. The monoisotopic (exact) mass is 398 g/mol. The first-order valence-electron chi connectivity index (χ1n) is 6.03. The number of carbonyl (C=O) groups excluding carboxylic acids is 1. The molecule has 0 spiro atoms. The van der Waals surface area contributed by atoms with E-state index in [4.69, 9.17) is 0 Å². The van der Waals surface area contributed by atoms with Crippen molar-refractivity contribution in [2.24, 2.45) is 0 Å². The highest BCUT2D eigenvalue weighted by Gasteiger charge is 2.33. The fraction of sp³-hybridized carbons (Fsp3) is 0.333. The second-order valence-electron chi connectivity index (χ2n) is 4.37. The summed E-state index contributed by atoms with van der Waals surface area (Å²) in [5, 5.41) is -0.699. The Bertz CT molecular complexity index is 843. The zero-order chi connectivity index (χ0) is 16.7. The van der Waals surface area contributed by atoms with Gasteiger partial charge in [-0.05, 0) is 12.1 Å². The first-order chi connectivity index (χ1) is 10.1. The van der Waals surface area contributed by atoms with Crippen molar-refractivity contribution in [3.8, 4) is 0 Å². The SMILES string of the molecule is CCS(=O)(=O)c1c(C(=O)CBr)nc2ccc(C(F)(F)F)cn12. The van der Waals surface area contributed by atoms with Crippen molar-refractivity contribution in [1.29, 1.82) is 0 Å². The fourth-order valence-corrected chi connectivity index (χ4v) is 3.31. The number of hydrogen-bond acceptors (Lipinski definition) is 4. The van der Waals surface area contributed by atoms with Crippen LogP contribution in [0.1, 0.15) is 23.0 Å². The number of Topliss-reactive ketones (excluding diaryl/α,β-unsaturated/α-hetero) is 1. The van der Waals surface area contributed by atoms with E-state index in [9.17, 15) is 26.4 Å². The van der Waals surface area contributed by atoms with E-state index in [2.05, 4.69) is 20.9 Å². The van der Waals surface area contributed by atoms with E-state index in [1.807, 2.05) is 0 Å². The smallest absolute Gasteiger partial charge is 0.291 e. The molecule has 0 aromatic carbocycles. The van der Waals surface area contributed by atoms with Crippen LogP contribution in [-0.4, -0.2) is 34.7 Å². The van der Waals surface area contributed by atoms with Gasteiger partial charge in [-0.3, -0.25) is 9.20 Å². The lowest BCUT2D eigenvalue weighted by molar-refractivity contribution is -0.137. The van der Waals surface area contributed by atoms with Gasteiger partial charge in [0.05, 0.1) is 16.6 Å². The van der Waals surface area contributed by atoms with Crippen molar-refractivity contribution >= 4 is 37.2 Å². The molecule has 0 atom stereocenters. The first-order valence-corrected chi connectivity index (χ1v) is 8.80. The van der Waals surface area contributed by atoms with Gasteiger partial charge in [-0.25, -0.2) is 13.4 Å². The summed E-state index contributed by atoms with van der Waals surface area (Å²) in [4.78, 5) is 15.7. The molecule has 0 bridgehead atoms. The zero-order valence-corrected chi connectivity index (χ0v) is 13.6. The summed E-state index contributed by atoms with van der Waals surface area (Å²) < 4.78 is 63.5. The summed E-state index contributed by atoms with van der Waals surface area (Å²) in [7, 11) is -3.94. The van der Waals surface area contributed by atoms with Crippen molar-refractivity contribution in [2.45, 2.75) is 18.1 Å². The van der Waals surface area contributed by atoms with Crippen LogP contribution in [0, 0.1) is 0 Å². The molecule has 0 aliphatic heterocycles. The van der Waals surface area contributed by atoms with Crippen LogP contribution in [0.3, 0.4) is 0 Å². The van der Waals surface area contributed by atoms with Crippen molar-refractivity contribution < 1.29 is 26.4 Å². The second kappa shape index (κ2) is 5.65. The molecule has 0 aliphatic rings. The van der Waals surface area contributed by atoms with Crippen LogP contribution in [0.25, 0.3) is 5.65 Å². The Morgan fingerprint density at radius 2 is 2.00 bits per heavy atom. The Morgan fingerprint density at radius 1 is 1.36 bits per heavy atom. The molecule has 0 fully saturated rings. The summed E-state index contributed by atoms with van der Waals surface area (Å²) in [5.41, 5.74) is -1.43. The molecule has 2 aromatic rings. The van der Waals surface area contributed by atoms with Crippen LogP contribution in [0.5, 0.6) is 0 Å². The van der Waals surface area contributed by atoms with Crippen LogP contribution in [0.4, 0.5) is 13.2 Å². The van der Waals surface area contributed by atoms with Crippen molar-refractivity contribution in [1.82, 2.24) is 9.38 Å². The van der Waals surface area contributed by atoms with Crippen LogP contribution in [0.15, 0.2) is 23.4 Å². The molecular weight excluding hydrogens is 389 g/mol. The Hall–Kier alpha value is -1.42. The Morgan fingerprint density at radius 3 is 2.50 bits per heavy atom. The average molecular weight is 399 g/mol. The van der Waals surface area contributed by atoms with Crippen LogP contribution >= 0.6 is 15.9 Å². The number of imidazole rings is 1. The lowest BCUT2D eigenvalue weighted by atomic mass is 10.3. The third kappa shape index (κ3) is 2.89. The molecule has 120 valence electrons. The van der Waals surface area contributed by atoms with E-state index in [1.165, 1.54) is 6.92 Å². The van der Waals surface area contributed by atoms with Gasteiger partial charge in [0.1, 0.15) is 11.3 Å². The third-order valence-corrected chi connectivity index (χ3v) is 5.21. The van der Waals surface area contributed by atoms with Gasteiger partial charge in [0, 0.05) is 6.20 Å². The quantitative estimate of drug-likeness (QED) is 0.586. The predicted molar refractivity (Wildman–Crippen MR) is 76.0 cm³/mol. The number of carbonyl (C=O) groups is 1. The summed E-state index contributed by atoms with van der Waals surface area (Å²) in [6.45, 7) is 1.34. The lowest BCUT2D eigenvalue weighted by Gasteiger charge is -2.08. The van der Waals surface area contributed by atoms with Crippen molar-refractivity contribution in [3.63, 3.8) is 0 Å². The van der Waals surface area contributed by atoms with E-state index in [1.54, 1.807) is 0 Å². The van der Waals surface area contributed by atoms with Crippen molar-refractivity contribution in [3.05, 3.63) is 29.6 Å². The molecule has 2 rings (SSSR count). The number of sulfone groups is 1. The standard InChI is InChI=1S/C12H10BrF3N2O3S/c1-2-22(20,21)11-10(8(19)5-13)17-9-4-3-7(6-18(9)11)12(14,15)16/h3-4,6H,2,5H2,1H3. The molecule has 0 unspecified atom stereocenters. The van der Waals surface area contributed by atoms with Gasteiger partial charge in [-0.2, -0.15) is 13.2 Å². The maximum Gasteiger partial charge on any atom is 0.417 e. The highest BCUT2D eigenvalue weighted by atomic mass is 79.9. The van der Waals surface area contributed by atoms with E-state index < -0.39 is 32.4 Å². The summed E-state index contributed by atoms with van der Waals surface area (Å²) >= 11 is 2.90. The van der Waals surface area contributed by atoms with E-state index in [-0.39, 0.29) is 22.4 Å². The minimum atomic E-state index is -4.63. The molecule has 2 heterocycles. The van der Waals surface area contributed by atoms with Gasteiger partial charge in [0.15, 0.2) is 20.6 Å². The molecular formula is C12H10BrF3N2O3S. The molecule has 5 nitrogen and oxygen atoms in total. The lowest BCUT2D eigenvalue weighted by Crippen LogP contribution is -2.14. The fourth-order valence-electron chi connectivity index (χ4n) is 1.87. The number of rotatable bonds is 4. The minimum absolute atomic E-state index is 0.0377. The van der Waals surface area contributed by atoms with Gasteiger partial charge in [0.2, 0.25) is 0 Å². The summed E-state index contributed by atoms with van der Waals surface area (Å²) in [6.07, 6.45) is -4.00. The molecule has 22 heavy (non-hydrogen) atoms.